The predicted molar refractivity (Wildman–Crippen MR) is 88.4 cm³/mol. The highest BCUT2D eigenvalue weighted by Gasteiger charge is 2.18. The molecule has 1 N–H and O–H groups in total. The molecule has 0 saturated heterocycles. The largest absolute Gasteiger partial charge is 0.465 e. The molecule has 0 unspecified atom stereocenters. The smallest absolute Gasteiger partial charge is 0.118 e. The predicted octanol–water partition coefficient (Wildman–Crippen LogP) is 4.24. The molecule has 3 heteroatoms. The molecule has 1 aliphatic carbocycles. The highest BCUT2D eigenvalue weighted by molar-refractivity contribution is 5.20. The van der Waals surface area contributed by atoms with Crippen LogP contribution < -0.4 is 5.32 Å². The molecule has 21 heavy (non-hydrogen) atoms. The Morgan fingerprint density at radius 1 is 1.24 bits per heavy atom. The maximum absolute atomic E-state index is 5.88. The van der Waals surface area contributed by atoms with Crippen molar-refractivity contribution in [3.63, 3.8) is 0 Å². The monoisotopic (exact) mass is 292 g/mol. The summed E-state index contributed by atoms with van der Waals surface area (Å²) < 4.78 is 5.88. The van der Waals surface area contributed by atoms with Gasteiger partial charge in [0.2, 0.25) is 0 Å². The lowest BCUT2D eigenvalue weighted by molar-refractivity contribution is 0.212. The highest BCUT2D eigenvalue weighted by atomic mass is 16.3. The standard InChI is InChI=1S/C18H32N2O/c1-4-11-19-13-18-12-16(15(2)21-18)14-20(3)17-9-7-5-6-8-10-17/h12,17,19H,4-11,13-14H2,1-3H3. The highest BCUT2D eigenvalue weighted by Crippen LogP contribution is 2.24. The first-order valence-electron chi connectivity index (χ1n) is 8.70. The maximum atomic E-state index is 5.88. The van der Waals surface area contributed by atoms with E-state index in [4.69, 9.17) is 4.42 Å². The average Bonchev–Trinajstić information content (AvgIpc) is 2.70. The number of rotatable bonds is 7. The molecule has 1 aliphatic rings. The van der Waals surface area contributed by atoms with Crippen molar-refractivity contribution in [3.05, 3.63) is 23.2 Å². The molecule has 1 fully saturated rings. The van der Waals surface area contributed by atoms with Gasteiger partial charge in [0.25, 0.3) is 0 Å². The minimum Gasteiger partial charge on any atom is -0.465 e. The average molecular weight is 292 g/mol. The van der Waals surface area contributed by atoms with E-state index in [1.807, 2.05) is 0 Å². The molecule has 0 radical (unpaired) electrons. The van der Waals surface area contributed by atoms with Crippen LogP contribution in [-0.2, 0) is 13.1 Å². The zero-order chi connectivity index (χ0) is 15.1. The Morgan fingerprint density at radius 3 is 2.62 bits per heavy atom. The lowest BCUT2D eigenvalue weighted by Gasteiger charge is -2.26. The molecule has 0 atom stereocenters. The molecular weight excluding hydrogens is 260 g/mol. The Labute approximate surface area is 130 Å². The molecule has 2 rings (SSSR count). The summed E-state index contributed by atoms with van der Waals surface area (Å²) in [4.78, 5) is 2.53. The summed E-state index contributed by atoms with van der Waals surface area (Å²) in [6, 6.07) is 2.99. The van der Waals surface area contributed by atoms with E-state index in [1.54, 1.807) is 0 Å². The summed E-state index contributed by atoms with van der Waals surface area (Å²) in [6.45, 7) is 7.21. The van der Waals surface area contributed by atoms with E-state index in [0.717, 1.165) is 43.6 Å². The van der Waals surface area contributed by atoms with Crippen LogP contribution in [0.5, 0.6) is 0 Å². The van der Waals surface area contributed by atoms with Gasteiger partial charge in [-0.1, -0.05) is 32.6 Å². The Bertz CT molecular complexity index is 405. The second-order valence-corrected chi connectivity index (χ2v) is 6.53. The molecule has 1 aromatic heterocycles. The molecule has 0 spiro atoms. The first-order valence-corrected chi connectivity index (χ1v) is 8.70. The zero-order valence-electron chi connectivity index (χ0n) is 14.1. The van der Waals surface area contributed by atoms with Crippen LogP contribution in [0.1, 0.15) is 69.0 Å². The van der Waals surface area contributed by atoms with E-state index in [-0.39, 0.29) is 0 Å². The van der Waals surface area contributed by atoms with Gasteiger partial charge in [0.15, 0.2) is 0 Å². The van der Waals surface area contributed by atoms with Gasteiger partial charge in [-0.15, -0.1) is 0 Å². The number of hydrogen-bond donors (Lipinski definition) is 1. The van der Waals surface area contributed by atoms with Crippen molar-refractivity contribution < 1.29 is 4.42 Å². The molecule has 1 saturated carbocycles. The summed E-state index contributed by atoms with van der Waals surface area (Å²) in [5.74, 6) is 2.16. The van der Waals surface area contributed by atoms with Crippen LogP contribution in [0.2, 0.25) is 0 Å². The van der Waals surface area contributed by atoms with Gasteiger partial charge in [-0.3, -0.25) is 4.90 Å². The van der Waals surface area contributed by atoms with E-state index < -0.39 is 0 Å². The number of nitrogens with zero attached hydrogens (tertiary/aromatic N) is 1. The third kappa shape index (κ3) is 5.15. The summed E-state index contributed by atoms with van der Waals surface area (Å²) in [7, 11) is 2.28. The van der Waals surface area contributed by atoms with E-state index >= 15 is 0 Å². The maximum Gasteiger partial charge on any atom is 0.118 e. The van der Waals surface area contributed by atoms with Crippen molar-refractivity contribution in [2.75, 3.05) is 13.6 Å². The van der Waals surface area contributed by atoms with Crippen molar-refractivity contribution in [1.29, 1.82) is 0 Å². The molecule has 1 heterocycles. The first kappa shape index (κ1) is 16.6. The van der Waals surface area contributed by atoms with Crippen LogP contribution in [0.25, 0.3) is 0 Å². The molecule has 0 bridgehead atoms. The number of aryl methyl sites for hydroxylation is 1. The summed E-state index contributed by atoms with van der Waals surface area (Å²) >= 11 is 0. The van der Waals surface area contributed by atoms with Crippen molar-refractivity contribution in [2.45, 2.75) is 77.9 Å². The second-order valence-electron chi connectivity index (χ2n) is 6.53. The lowest BCUT2D eigenvalue weighted by Crippen LogP contribution is -2.30. The van der Waals surface area contributed by atoms with Crippen LogP contribution in [-0.4, -0.2) is 24.5 Å². The van der Waals surface area contributed by atoms with E-state index in [2.05, 4.69) is 37.2 Å². The minimum atomic E-state index is 0.753. The van der Waals surface area contributed by atoms with Crippen LogP contribution >= 0.6 is 0 Å². The minimum absolute atomic E-state index is 0.753. The summed E-state index contributed by atoms with van der Waals surface area (Å²) in [5.41, 5.74) is 1.36. The lowest BCUT2D eigenvalue weighted by atomic mass is 10.1. The number of hydrogen-bond acceptors (Lipinski definition) is 3. The Balaban J connectivity index is 1.88. The Kier molecular flexibility index (Phi) is 6.78. The van der Waals surface area contributed by atoms with Crippen LogP contribution in [0.4, 0.5) is 0 Å². The van der Waals surface area contributed by atoms with Gasteiger partial charge in [-0.25, -0.2) is 0 Å². The SMILES string of the molecule is CCCNCc1cc(CN(C)C2CCCCCC2)c(C)o1. The molecule has 1 aromatic rings. The number of nitrogens with one attached hydrogen (secondary N) is 1. The zero-order valence-corrected chi connectivity index (χ0v) is 14.1. The quantitative estimate of drug-likeness (QED) is 0.602. The third-order valence-corrected chi connectivity index (χ3v) is 4.67. The fourth-order valence-corrected chi connectivity index (χ4v) is 3.32. The molecule has 0 amide bonds. The van der Waals surface area contributed by atoms with Gasteiger partial charge in [0, 0.05) is 18.2 Å². The molecule has 0 aromatic carbocycles. The summed E-state index contributed by atoms with van der Waals surface area (Å²) in [6.07, 6.45) is 9.51. The van der Waals surface area contributed by atoms with Gasteiger partial charge in [0.05, 0.1) is 6.54 Å². The fraction of sp³-hybridized carbons (Fsp3) is 0.778. The van der Waals surface area contributed by atoms with Crippen molar-refractivity contribution in [2.24, 2.45) is 0 Å². The van der Waals surface area contributed by atoms with Crippen LogP contribution in [0, 0.1) is 6.92 Å². The van der Waals surface area contributed by atoms with Gasteiger partial charge < -0.3 is 9.73 Å². The third-order valence-electron chi connectivity index (χ3n) is 4.67. The van der Waals surface area contributed by atoms with Gasteiger partial charge in [-0.05, 0) is 45.8 Å². The molecule has 120 valence electrons. The molecule has 3 nitrogen and oxygen atoms in total. The normalized spacial score (nSPS) is 17.3. The summed E-state index contributed by atoms with van der Waals surface area (Å²) in [5, 5.41) is 3.41. The van der Waals surface area contributed by atoms with Gasteiger partial charge in [0.1, 0.15) is 11.5 Å². The van der Waals surface area contributed by atoms with E-state index in [0.29, 0.717) is 0 Å². The Hall–Kier alpha value is -0.800. The van der Waals surface area contributed by atoms with Crippen LogP contribution in [0.15, 0.2) is 10.5 Å². The van der Waals surface area contributed by atoms with Crippen molar-refractivity contribution in [1.82, 2.24) is 10.2 Å². The van der Waals surface area contributed by atoms with Crippen molar-refractivity contribution >= 4 is 0 Å². The molecular formula is C18H32N2O. The van der Waals surface area contributed by atoms with E-state index in [9.17, 15) is 0 Å². The fourth-order valence-electron chi connectivity index (χ4n) is 3.32. The topological polar surface area (TPSA) is 28.4 Å². The van der Waals surface area contributed by atoms with E-state index in [1.165, 1.54) is 44.1 Å². The first-order chi connectivity index (χ1) is 10.2. The van der Waals surface area contributed by atoms with Crippen molar-refractivity contribution in [3.8, 4) is 0 Å². The Morgan fingerprint density at radius 2 is 1.95 bits per heavy atom. The van der Waals surface area contributed by atoms with Crippen LogP contribution in [0.3, 0.4) is 0 Å². The van der Waals surface area contributed by atoms with Gasteiger partial charge in [-0.2, -0.15) is 0 Å². The van der Waals surface area contributed by atoms with Gasteiger partial charge >= 0.3 is 0 Å². The number of furan rings is 1. The molecule has 0 aliphatic heterocycles. The second kappa shape index (κ2) is 8.60.